The average molecular weight is 362 g/mol. The molecule has 0 saturated carbocycles. The third-order valence-corrected chi connectivity index (χ3v) is 4.43. The zero-order valence-corrected chi connectivity index (χ0v) is 13.4. The Balaban J connectivity index is 2.05. The summed E-state index contributed by atoms with van der Waals surface area (Å²) < 4.78 is 16.2. The fourth-order valence-corrected chi connectivity index (χ4v) is 2.90. The van der Waals surface area contributed by atoms with Crippen molar-refractivity contribution in [2.75, 3.05) is 6.16 Å². The Morgan fingerprint density at radius 2 is 1.92 bits per heavy atom. The number of carbonyl (C=O) groups is 1. The van der Waals surface area contributed by atoms with Gasteiger partial charge in [0.05, 0.1) is 12.3 Å². The number of pyridine rings is 1. The number of rotatable bonds is 5. The third kappa shape index (κ3) is 4.81. The van der Waals surface area contributed by atoms with Gasteiger partial charge in [0, 0.05) is 6.20 Å². The van der Waals surface area contributed by atoms with Crippen LogP contribution in [0.2, 0.25) is 0 Å². The second-order valence-corrected chi connectivity index (χ2v) is 7.21. The van der Waals surface area contributed by atoms with Gasteiger partial charge in [0.15, 0.2) is 6.23 Å². The van der Waals surface area contributed by atoms with Crippen LogP contribution in [-0.4, -0.2) is 72.8 Å². The SMILES string of the molecule is O=C(NC1O[C@H](CCP(=O)(O)O)[C@@H](O)[C@H](O)[C@@H]1O)c1ccccn1. The molecule has 24 heavy (non-hydrogen) atoms. The topological polar surface area (TPSA) is 169 Å². The molecule has 5 atom stereocenters. The molecule has 0 radical (unpaired) electrons. The summed E-state index contributed by atoms with van der Waals surface area (Å²) in [7, 11) is -4.32. The van der Waals surface area contributed by atoms with E-state index in [0.717, 1.165) is 0 Å². The molecule has 2 heterocycles. The second kappa shape index (κ2) is 7.66. The standard InChI is InChI=1S/C13H19N2O8P/c16-9-8(4-6-24(20,21)22)23-13(11(18)10(9)17)15-12(19)7-3-1-2-5-14-7/h1-3,5,8-11,13,16-18H,4,6H2,(H,15,19)(H2,20,21,22)/t8-,9-,10+,11+,13?/m1/s1. The van der Waals surface area contributed by atoms with Crippen LogP contribution in [0, 0.1) is 0 Å². The molecule has 10 nitrogen and oxygen atoms in total. The van der Waals surface area contributed by atoms with Crippen molar-refractivity contribution in [1.29, 1.82) is 0 Å². The van der Waals surface area contributed by atoms with E-state index in [0.29, 0.717) is 0 Å². The molecule has 1 fully saturated rings. The quantitative estimate of drug-likeness (QED) is 0.330. The van der Waals surface area contributed by atoms with Crippen LogP contribution in [0.15, 0.2) is 24.4 Å². The molecule has 0 spiro atoms. The van der Waals surface area contributed by atoms with Crippen LogP contribution in [0.25, 0.3) is 0 Å². The molecule has 6 N–H and O–H groups in total. The smallest absolute Gasteiger partial charge is 0.325 e. The van der Waals surface area contributed by atoms with Crippen molar-refractivity contribution in [3.8, 4) is 0 Å². The van der Waals surface area contributed by atoms with Crippen molar-refractivity contribution >= 4 is 13.5 Å². The van der Waals surface area contributed by atoms with E-state index < -0.39 is 50.3 Å². The molecule has 0 bridgehead atoms. The van der Waals surface area contributed by atoms with Gasteiger partial charge in [0.25, 0.3) is 5.91 Å². The van der Waals surface area contributed by atoms with Crippen molar-refractivity contribution in [3.05, 3.63) is 30.1 Å². The van der Waals surface area contributed by atoms with Crippen LogP contribution in [0.1, 0.15) is 16.9 Å². The minimum Gasteiger partial charge on any atom is -0.388 e. The maximum Gasteiger partial charge on any atom is 0.325 e. The predicted molar refractivity (Wildman–Crippen MR) is 79.9 cm³/mol. The first kappa shape index (κ1) is 18.9. The van der Waals surface area contributed by atoms with Crippen molar-refractivity contribution in [1.82, 2.24) is 10.3 Å². The highest BCUT2D eigenvalue weighted by Gasteiger charge is 2.44. The van der Waals surface area contributed by atoms with Gasteiger partial charge in [-0.15, -0.1) is 0 Å². The zero-order valence-electron chi connectivity index (χ0n) is 12.5. The minimum absolute atomic E-state index is 0.0562. The van der Waals surface area contributed by atoms with Gasteiger partial charge in [-0.2, -0.15) is 0 Å². The van der Waals surface area contributed by atoms with Crippen molar-refractivity contribution in [2.24, 2.45) is 0 Å². The number of nitrogens with zero attached hydrogens (tertiary/aromatic N) is 1. The molecule has 0 aromatic carbocycles. The van der Waals surface area contributed by atoms with Crippen LogP contribution in [0.4, 0.5) is 0 Å². The highest BCUT2D eigenvalue weighted by atomic mass is 31.2. The monoisotopic (exact) mass is 362 g/mol. The Labute approximate surface area is 137 Å². The van der Waals surface area contributed by atoms with Crippen LogP contribution < -0.4 is 5.32 Å². The van der Waals surface area contributed by atoms with E-state index in [4.69, 9.17) is 14.5 Å². The summed E-state index contributed by atoms with van der Waals surface area (Å²) in [4.78, 5) is 33.7. The van der Waals surface area contributed by atoms with Gasteiger partial charge in [-0.3, -0.25) is 14.3 Å². The summed E-state index contributed by atoms with van der Waals surface area (Å²) in [6, 6.07) is 4.63. The molecule has 1 saturated heterocycles. The van der Waals surface area contributed by atoms with Gasteiger partial charge in [-0.25, -0.2) is 0 Å². The Bertz CT molecular complexity index is 609. The molecule has 2 rings (SSSR count). The fourth-order valence-electron chi connectivity index (χ4n) is 2.30. The normalized spacial score (nSPS) is 30.8. The molecule has 0 aliphatic carbocycles. The summed E-state index contributed by atoms with van der Waals surface area (Å²) in [5.74, 6) is -0.669. The summed E-state index contributed by atoms with van der Waals surface area (Å²) in [6.07, 6.45) is -6.76. The lowest BCUT2D eigenvalue weighted by Crippen LogP contribution is -2.62. The Hall–Kier alpha value is -1.39. The number of aliphatic hydroxyl groups excluding tert-OH is 3. The van der Waals surface area contributed by atoms with Crippen molar-refractivity contribution in [2.45, 2.75) is 37.1 Å². The number of hydrogen-bond donors (Lipinski definition) is 6. The van der Waals surface area contributed by atoms with Crippen molar-refractivity contribution in [3.63, 3.8) is 0 Å². The van der Waals surface area contributed by atoms with Gasteiger partial charge in [0.2, 0.25) is 0 Å². The first-order valence-corrected chi connectivity index (χ1v) is 8.95. The maximum absolute atomic E-state index is 12.0. The summed E-state index contributed by atoms with van der Waals surface area (Å²) in [5, 5.41) is 32.0. The number of ether oxygens (including phenoxy) is 1. The summed E-state index contributed by atoms with van der Waals surface area (Å²) >= 11 is 0. The van der Waals surface area contributed by atoms with E-state index in [1.165, 1.54) is 12.3 Å². The summed E-state index contributed by atoms with van der Waals surface area (Å²) in [5.41, 5.74) is 0.0562. The molecule has 11 heteroatoms. The molecule has 134 valence electrons. The van der Waals surface area contributed by atoms with Crippen LogP contribution in [0.5, 0.6) is 0 Å². The number of aliphatic hydroxyl groups is 3. The van der Waals surface area contributed by atoms with E-state index in [9.17, 15) is 24.7 Å². The van der Waals surface area contributed by atoms with E-state index in [1.54, 1.807) is 12.1 Å². The fraction of sp³-hybridized carbons (Fsp3) is 0.538. The number of nitrogens with one attached hydrogen (secondary N) is 1. The van der Waals surface area contributed by atoms with Crippen molar-refractivity contribution < 1.29 is 39.2 Å². The number of hydrogen-bond acceptors (Lipinski definition) is 7. The average Bonchev–Trinajstić information content (AvgIpc) is 2.54. The number of amides is 1. The van der Waals surface area contributed by atoms with E-state index in [-0.39, 0.29) is 12.1 Å². The van der Waals surface area contributed by atoms with E-state index >= 15 is 0 Å². The number of carbonyl (C=O) groups excluding carboxylic acids is 1. The molecule has 1 amide bonds. The van der Waals surface area contributed by atoms with Gasteiger partial charge < -0.3 is 35.2 Å². The Morgan fingerprint density at radius 3 is 2.50 bits per heavy atom. The van der Waals surface area contributed by atoms with Crippen LogP contribution in [0.3, 0.4) is 0 Å². The Morgan fingerprint density at radius 1 is 1.21 bits per heavy atom. The molecule has 1 aromatic heterocycles. The minimum atomic E-state index is -4.32. The second-order valence-electron chi connectivity index (χ2n) is 5.43. The first-order chi connectivity index (χ1) is 11.2. The largest absolute Gasteiger partial charge is 0.388 e. The maximum atomic E-state index is 12.0. The van der Waals surface area contributed by atoms with Crippen LogP contribution >= 0.6 is 7.60 Å². The van der Waals surface area contributed by atoms with Crippen LogP contribution in [-0.2, 0) is 9.30 Å². The van der Waals surface area contributed by atoms with E-state index in [2.05, 4.69) is 10.3 Å². The van der Waals surface area contributed by atoms with Gasteiger partial charge >= 0.3 is 7.60 Å². The highest BCUT2D eigenvalue weighted by Crippen LogP contribution is 2.37. The van der Waals surface area contributed by atoms with Gasteiger partial charge in [0.1, 0.15) is 24.0 Å². The molecule has 1 unspecified atom stereocenters. The molecule has 1 aliphatic heterocycles. The molecule has 1 aliphatic rings. The molecular formula is C13H19N2O8P. The Kier molecular flexibility index (Phi) is 6.05. The third-order valence-electron chi connectivity index (χ3n) is 3.59. The highest BCUT2D eigenvalue weighted by molar-refractivity contribution is 7.51. The predicted octanol–water partition coefficient (Wildman–Crippen LogP) is -1.81. The molecular weight excluding hydrogens is 343 g/mol. The molecule has 1 aromatic rings. The lowest BCUT2D eigenvalue weighted by molar-refractivity contribution is -0.226. The van der Waals surface area contributed by atoms with Gasteiger partial charge in [-0.1, -0.05) is 6.07 Å². The lowest BCUT2D eigenvalue weighted by Gasteiger charge is -2.40. The first-order valence-electron chi connectivity index (χ1n) is 7.15. The van der Waals surface area contributed by atoms with Gasteiger partial charge in [-0.05, 0) is 18.6 Å². The zero-order chi connectivity index (χ0) is 17.9. The number of aromatic nitrogens is 1. The summed E-state index contributed by atoms with van der Waals surface area (Å²) in [6.45, 7) is 0. The lowest BCUT2D eigenvalue weighted by atomic mass is 9.96. The van der Waals surface area contributed by atoms with E-state index in [1.807, 2.05) is 0 Å².